The van der Waals surface area contributed by atoms with Crippen molar-refractivity contribution in [3.63, 3.8) is 0 Å². The normalized spacial score (nSPS) is 17.7. The van der Waals surface area contributed by atoms with Crippen molar-refractivity contribution < 1.29 is 23.4 Å². The number of aliphatic hydroxyl groups excluding tert-OH is 1. The van der Waals surface area contributed by atoms with E-state index in [2.05, 4.69) is 4.90 Å². The highest BCUT2D eigenvalue weighted by atomic mass is 19.1. The summed E-state index contributed by atoms with van der Waals surface area (Å²) in [5.74, 6) is -1.24. The van der Waals surface area contributed by atoms with Crippen molar-refractivity contribution >= 4 is 5.78 Å². The van der Waals surface area contributed by atoms with Crippen molar-refractivity contribution in [2.75, 3.05) is 26.3 Å². The molecule has 0 amide bonds. The molecular weight excluding hydrogens is 352 g/mol. The van der Waals surface area contributed by atoms with Gasteiger partial charge in [0, 0.05) is 19.0 Å². The fourth-order valence-corrected chi connectivity index (χ4v) is 3.43. The molecule has 0 radical (unpaired) electrons. The third-order valence-corrected chi connectivity index (χ3v) is 4.76. The lowest BCUT2D eigenvalue weighted by Gasteiger charge is -2.32. The molecule has 144 valence electrons. The van der Waals surface area contributed by atoms with E-state index in [-0.39, 0.29) is 30.5 Å². The Morgan fingerprint density at radius 3 is 2.70 bits per heavy atom. The predicted octanol–water partition coefficient (Wildman–Crippen LogP) is 3.43. The van der Waals surface area contributed by atoms with Gasteiger partial charge in [-0.25, -0.2) is 8.78 Å². The van der Waals surface area contributed by atoms with Crippen molar-refractivity contribution in [3.8, 4) is 5.75 Å². The number of likely N-dealkylation sites (tertiary alicyclic amines) is 1. The molecule has 0 saturated carbocycles. The minimum atomic E-state index is -0.669. The van der Waals surface area contributed by atoms with Crippen LogP contribution in [0, 0.1) is 17.6 Å². The number of Topliss-reactive ketones (excluding diaryl/α,β-unsaturated/α-hetero) is 1. The van der Waals surface area contributed by atoms with Crippen molar-refractivity contribution in [2.45, 2.75) is 19.4 Å². The van der Waals surface area contributed by atoms with E-state index in [1.54, 1.807) is 0 Å². The lowest BCUT2D eigenvalue weighted by Crippen LogP contribution is -2.38. The summed E-state index contributed by atoms with van der Waals surface area (Å²) in [4.78, 5) is 14.8. The molecule has 0 bridgehead atoms. The number of carbonyl (C=O) groups excluding carboxylic acids is 1. The molecule has 1 N–H and O–H groups in total. The van der Waals surface area contributed by atoms with Crippen LogP contribution >= 0.6 is 0 Å². The molecule has 1 aliphatic heterocycles. The van der Waals surface area contributed by atoms with Gasteiger partial charge in [-0.2, -0.15) is 0 Å². The number of hydrogen-bond acceptors (Lipinski definition) is 4. The van der Waals surface area contributed by atoms with Gasteiger partial charge < -0.3 is 9.84 Å². The van der Waals surface area contributed by atoms with Gasteiger partial charge in [0.1, 0.15) is 24.0 Å². The molecule has 27 heavy (non-hydrogen) atoms. The van der Waals surface area contributed by atoms with Gasteiger partial charge in [-0.15, -0.1) is 0 Å². The zero-order valence-electron chi connectivity index (χ0n) is 15.0. The standard InChI is InChI=1S/C21H23F2NO3/c22-17-5-8-20(23)19(12-17)21(26)16-2-1-9-24(14-16)13-15-3-6-18(7-4-15)27-11-10-25/h3-8,12,16,25H,1-2,9-11,13-14H2/t16-/m0/s1. The van der Waals surface area contributed by atoms with Gasteiger partial charge in [0.25, 0.3) is 0 Å². The Morgan fingerprint density at radius 1 is 1.19 bits per heavy atom. The van der Waals surface area contributed by atoms with Crippen LogP contribution in [0.25, 0.3) is 0 Å². The summed E-state index contributed by atoms with van der Waals surface area (Å²) in [5.41, 5.74) is 0.920. The molecule has 2 aromatic carbocycles. The fraction of sp³-hybridized carbons (Fsp3) is 0.381. The van der Waals surface area contributed by atoms with E-state index in [1.165, 1.54) is 0 Å². The highest BCUT2D eigenvalue weighted by Gasteiger charge is 2.28. The first-order valence-corrected chi connectivity index (χ1v) is 9.11. The SMILES string of the molecule is O=C(c1cc(F)ccc1F)[C@H]1CCCN(Cc2ccc(OCCO)cc2)C1. The molecule has 4 nitrogen and oxygen atoms in total. The molecule has 2 aromatic rings. The second-order valence-corrected chi connectivity index (χ2v) is 6.78. The third-order valence-electron chi connectivity index (χ3n) is 4.76. The molecule has 6 heteroatoms. The Kier molecular flexibility index (Phi) is 6.53. The Hall–Kier alpha value is -2.31. The number of benzene rings is 2. The number of ketones is 1. The lowest BCUT2D eigenvalue weighted by molar-refractivity contribution is 0.0807. The fourth-order valence-electron chi connectivity index (χ4n) is 3.43. The van der Waals surface area contributed by atoms with Crippen molar-refractivity contribution in [1.82, 2.24) is 4.90 Å². The maximum absolute atomic E-state index is 13.9. The maximum atomic E-state index is 13.9. The molecule has 1 atom stereocenters. The topological polar surface area (TPSA) is 49.8 Å². The minimum absolute atomic E-state index is 0.0309. The Bertz CT molecular complexity index is 779. The first kappa shape index (κ1) is 19.5. The Labute approximate surface area is 157 Å². The van der Waals surface area contributed by atoms with E-state index < -0.39 is 11.6 Å². The highest BCUT2D eigenvalue weighted by Crippen LogP contribution is 2.24. The van der Waals surface area contributed by atoms with Crippen molar-refractivity contribution in [2.24, 2.45) is 5.92 Å². The van der Waals surface area contributed by atoms with E-state index >= 15 is 0 Å². The molecule has 3 rings (SSSR count). The van der Waals surface area contributed by atoms with Gasteiger partial charge in [-0.05, 0) is 55.3 Å². The van der Waals surface area contributed by atoms with E-state index in [9.17, 15) is 13.6 Å². The molecule has 1 saturated heterocycles. The number of aliphatic hydroxyl groups is 1. The zero-order valence-corrected chi connectivity index (χ0v) is 15.0. The average molecular weight is 375 g/mol. The van der Waals surface area contributed by atoms with Crippen LogP contribution in [0.4, 0.5) is 8.78 Å². The second-order valence-electron chi connectivity index (χ2n) is 6.78. The predicted molar refractivity (Wildman–Crippen MR) is 97.7 cm³/mol. The van der Waals surface area contributed by atoms with Gasteiger partial charge in [0.2, 0.25) is 0 Å². The Balaban J connectivity index is 1.62. The summed E-state index contributed by atoms with van der Waals surface area (Å²) >= 11 is 0. The smallest absolute Gasteiger partial charge is 0.170 e. The van der Waals surface area contributed by atoms with Crippen LogP contribution in [0.5, 0.6) is 5.75 Å². The number of hydrogen-bond donors (Lipinski definition) is 1. The quantitative estimate of drug-likeness (QED) is 0.754. The van der Waals surface area contributed by atoms with Gasteiger partial charge in [-0.3, -0.25) is 9.69 Å². The molecule has 0 aromatic heterocycles. The third kappa shape index (κ3) is 5.11. The average Bonchev–Trinajstić information content (AvgIpc) is 2.69. The summed E-state index contributed by atoms with van der Waals surface area (Å²) in [5, 5.41) is 8.78. The number of nitrogens with zero attached hydrogens (tertiary/aromatic N) is 1. The molecule has 1 heterocycles. The Morgan fingerprint density at radius 2 is 1.96 bits per heavy atom. The molecule has 0 unspecified atom stereocenters. The van der Waals surface area contributed by atoms with Gasteiger partial charge >= 0.3 is 0 Å². The van der Waals surface area contributed by atoms with Gasteiger partial charge in [0.15, 0.2) is 5.78 Å². The van der Waals surface area contributed by atoms with Crippen LogP contribution in [-0.4, -0.2) is 42.1 Å². The lowest BCUT2D eigenvalue weighted by atomic mass is 9.89. The summed E-state index contributed by atoms with van der Waals surface area (Å²) in [7, 11) is 0. The van der Waals surface area contributed by atoms with E-state index in [0.717, 1.165) is 36.7 Å². The number of piperidine rings is 1. The van der Waals surface area contributed by atoms with Crippen molar-refractivity contribution in [3.05, 3.63) is 65.2 Å². The van der Waals surface area contributed by atoms with Crippen LogP contribution in [0.15, 0.2) is 42.5 Å². The van der Waals surface area contributed by atoms with Crippen LogP contribution in [0.2, 0.25) is 0 Å². The second kappa shape index (κ2) is 9.06. The maximum Gasteiger partial charge on any atom is 0.170 e. The van der Waals surface area contributed by atoms with E-state index in [4.69, 9.17) is 9.84 Å². The molecule has 0 aliphatic carbocycles. The summed E-state index contributed by atoms with van der Waals surface area (Å²) in [6.07, 6.45) is 1.52. The highest BCUT2D eigenvalue weighted by molar-refractivity contribution is 5.98. The summed E-state index contributed by atoms with van der Waals surface area (Å²) in [6, 6.07) is 10.6. The molecular formula is C21H23F2NO3. The number of halogens is 2. The largest absolute Gasteiger partial charge is 0.491 e. The summed E-state index contributed by atoms with van der Waals surface area (Å²) in [6.45, 7) is 2.29. The first-order chi connectivity index (χ1) is 13.1. The van der Waals surface area contributed by atoms with Crippen LogP contribution < -0.4 is 4.74 Å². The molecule has 1 aliphatic rings. The number of carbonyl (C=O) groups is 1. The zero-order chi connectivity index (χ0) is 19.2. The molecule has 1 fully saturated rings. The van der Waals surface area contributed by atoms with Gasteiger partial charge in [0.05, 0.1) is 12.2 Å². The van der Waals surface area contributed by atoms with E-state index in [1.807, 2.05) is 24.3 Å². The monoisotopic (exact) mass is 375 g/mol. The van der Waals surface area contributed by atoms with Crippen molar-refractivity contribution in [1.29, 1.82) is 0 Å². The van der Waals surface area contributed by atoms with Crippen LogP contribution in [0.3, 0.4) is 0 Å². The van der Waals surface area contributed by atoms with Gasteiger partial charge in [-0.1, -0.05) is 12.1 Å². The molecule has 0 spiro atoms. The minimum Gasteiger partial charge on any atom is -0.491 e. The number of rotatable bonds is 7. The van der Waals surface area contributed by atoms with E-state index in [0.29, 0.717) is 25.3 Å². The van der Waals surface area contributed by atoms with Crippen LogP contribution in [0.1, 0.15) is 28.8 Å². The number of ether oxygens (including phenoxy) is 1. The first-order valence-electron chi connectivity index (χ1n) is 9.11. The summed E-state index contributed by atoms with van der Waals surface area (Å²) < 4.78 is 32.7. The van der Waals surface area contributed by atoms with Crippen LogP contribution in [-0.2, 0) is 6.54 Å².